The van der Waals surface area contributed by atoms with Crippen molar-refractivity contribution < 1.29 is 14.3 Å². The maximum atomic E-state index is 12.8. The monoisotopic (exact) mass is 394 g/mol. The third kappa shape index (κ3) is 5.59. The number of amides is 2. The maximum Gasteiger partial charge on any atom is 0.264 e. The quantitative estimate of drug-likeness (QED) is 0.759. The molecule has 0 atom stereocenters. The van der Waals surface area contributed by atoms with Crippen molar-refractivity contribution in [2.24, 2.45) is 0 Å². The largest absolute Gasteiger partial charge is 0.484 e. The highest BCUT2D eigenvalue weighted by atomic mass is 16.5. The fourth-order valence-electron chi connectivity index (χ4n) is 3.67. The highest BCUT2D eigenvalue weighted by molar-refractivity contribution is 6.05. The summed E-state index contributed by atoms with van der Waals surface area (Å²) in [6.07, 6.45) is 6.55. The fraction of sp³-hybridized carbons (Fsp3) is 0.417. The van der Waals surface area contributed by atoms with E-state index >= 15 is 0 Å². The third-order valence-electron chi connectivity index (χ3n) is 5.52. The number of rotatable bonds is 7. The molecule has 0 spiro atoms. The zero-order valence-electron chi connectivity index (χ0n) is 17.3. The molecular formula is C24H30N2O3. The van der Waals surface area contributed by atoms with Gasteiger partial charge in [0.2, 0.25) is 0 Å². The maximum absolute atomic E-state index is 12.8. The summed E-state index contributed by atoms with van der Waals surface area (Å²) in [5.41, 5.74) is 2.33. The van der Waals surface area contributed by atoms with Crippen LogP contribution in [0.25, 0.3) is 0 Å². The van der Waals surface area contributed by atoms with E-state index in [0.717, 1.165) is 32.1 Å². The molecule has 2 amide bonds. The van der Waals surface area contributed by atoms with Crippen LogP contribution in [0, 0.1) is 0 Å². The molecule has 1 aliphatic carbocycles. The number of ether oxygens (including phenoxy) is 1. The normalized spacial score (nSPS) is 14.3. The molecule has 3 rings (SSSR count). The number of hydrogen-bond donors (Lipinski definition) is 1. The smallest absolute Gasteiger partial charge is 0.264 e. The van der Waals surface area contributed by atoms with E-state index in [0.29, 0.717) is 17.0 Å². The van der Waals surface area contributed by atoms with Crippen molar-refractivity contribution in [2.45, 2.75) is 51.5 Å². The van der Waals surface area contributed by atoms with Crippen LogP contribution in [0.15, 0.2) is 48.5 Å². The topological polar surface area (TPSA) is 58.6 Å². The van der Waals surface area contributed by atoms with Crippen molar-refractivity contribution in [2.75, 3.05) is 18.6 Å². The van der Waals surface area contributed by atoms with Crippen LogP contribution in [-0.4, -0.2) is 31.5 Å². The molecule has 1 N–H and O–H groups in total. The van der Waals surface area contributed by atoms with E-state index < -0.39 is 0 Å². The molecule has 154 valence electrons. The number of carbonyl (C=O) groups excluding carboxylic acids is 2. The molecule has 5 heteroatoms. The van der Waals surface area contributed by atoms with Crippen molar-refractivity contribution in [3.8, 4) is 5.75 Å². The number of hydrogen-bond acceptors (Lipinski definition) is 3. The minimum atomic E-state index is -0.206. The lowest BCUT2D eigenvalue weighted by molar-refractivity contribution is -0.120. The van der Waals surface area contributed by atoms with E-state index in [1.165, 1.54) is 16.9 Å². The lowest BCUT2D eigenvalue weighted by atomic mass is 9.95. The second-order valence-corrected chi connectivity index (χ2v) is 7.56. The number of anilines is 1. The van der Waals surface area contributed by atoms with Crippen molar-refractivity contribution >= 4 is 17.5 Å². The Balaban J connectivity index is 1.63. The van der Waals surface area contributed by atoms with Gasteiger partial charge >= 0.3 is 0 Å². The molecule has 1 fully saturated rings. The summed E-state index contributed by atoms with van der Waals surface area (Å²) >= 11 is 0. The van der Waals surface area contributed by atoms with Gasteiger partial charge in [0.05, 0.1) is 11.3 Å². The third-order valence-corrected chi connectivity index (χ3v) is 5.52. The molecule has 0 saturated heterocycles. The lowest BCUT2D eigenvalue weighted by Gasteiger charge is -2.25. The van der Waals surface area contributed by atoms with E-state index in [1.54, 1.807) is 19.2 Å². The first-order chi connectivity index (χ1) is 14.1. The molecule has 5 nitrogen and oxygen atoms in total. The van der Waals surface area contributed by atoms with E-state index in [1.807, 2.05) is 36.4 Å². The van der Waals surface area contributed by atoms with Crippen LogP contribution in [0.1, 0.15) is 54.9 Å². The number of likely N-dealkylation sites (N-methyl/N-ethyl adjacent to an activating group) is 1. The van der Waals surface area contributed by atoms with Gasteiger partial charge < -0.3 is 15.0 Å². The Morgan fingerprint density at radius 1 is 1.03 bits per heavy atom. The van der Waals surface area contributed by atoms with Gasteiger partial charge in [0.25, 0.3) is 11.8 Å². The van der Waals surface area contributed by atoms with Gasteiger partial charge in [0.1, 0.15) is 5.75 Å². The summed E-state index contributed by atoms with van der Waals surface area (Å²) in [6, 6.07) is 15.2. The van der Waals surface area contributed by atoms with Gasteiger partial charge in [-0.3, -0.25) is 9.59 Å². The molecule has 2 aromatic carbocycles. The van der Waals surface area contributed by atoms with E-state index in [2.05, 4.69) is 12.2 Å². The van der Waals surface area contributed by atoms with Crippen molar-refractivity contribution in [3.05, 3.63) is 59.7 Å². The molecule has 1 aliphatic rings. The Bertz CT molecular complexity index is 826. The standard InChI is InChI=1S/C24H30N2O3/c1-3-18-13-15-20(16-14-18)29-17-23(27)26(2)22-12-8-7-11-21(22)24(28)25-19-9-5-4-6-10-19/h7-8,11-16,19H,3-6,9-10,17H2,1-2H3,(H,25,28). The van der Waals surface area contributed by atoms with Crippen molar-refractivity contribution in [1.82, 2.24) is 5.32 Å². The number of aryl methyl sites for hydroxylation is 1. The molecule has 0 bridgehead atoms. The molecule has 0 unspecified atom stereocenters. The number of benzene rings is 2. The molecular weight excluding hydrogens is 364 g/mol. The van der Waals surface area contributed by atoms with Crippen LogP contribution in [-0.2, 0) is 11.2 Å². The number of para-hydroxylation sites is 1. The van der Waals surface area contributed by atoms with Gasteiger partial charge in [0.15, 0.2) is 6.61 Å². The highest BCUT2D eigenvalue weighted by Crippen LogP contribution is 2.22. The van der Waals surface area contributed by atoms with Crippen molar-refractivity contribution in [3.63, 3.8) is 0 Å². The SMILES string of the molecule is CCc1ccc(OCC(=O)N(C)c2ccccc2C(=O)NC2CCCCC2)cc1. The van der Waals surface area contributed by atoms with Gasteiger partial charge in [-0.1, -0.05) is 50.5 Å². The summed E-state index contributed by atoms with van der Waals surface area (Å²) in [6.45, 7) is 2.01. The predicted octanol–water partition coefficient (Wildman–Crippen LogP) is 4.35. The second-order valence-electron chi connectivity index (χ2n) is 7.56. The molecule has 1 saturated carbocycles. The van der Waals surface area contributed by atoms with Crippen LogP contribution in [0.5, 0.6) is 5.75 Å². The summed E-state index contributed by atoms with van der Waals surface area (Å²) in [5.74, 6) is 0.331. The minimum Gasteiger partial charge on any atom is -0.484 e. The number of nitrogens with one attached hydrogen (secondary N) is 1. The summed E-state index contributed by atoms with van der Waals surface area (Å²) in [5, 5.41) is 3.13. The first-order valence-electron chi connectivity index (χ1n) is 10.5. The summed E-state index contributed by atoms with van der Waals surface area (Å²) in [7, 11) is 1.68. The second kappa shape index (κ2) is 10.1. The van der Waals surface area contributed by atoms with Crippen LogP contribution < -0.4 is 15.0 Å². The lowest BCUT2D eigenvalue weighted by Crippen LogP contribution is -2.38. The average Bonchev–Trinajstić information content (AvgIpc) is 2.78. The molecule has 29 heavy (non-hydrogen) atoms. The highest BCUT2D eigenvalue weighted by Gasteiger charge is 2.21. The molecule has 0 aliphatic heterocycles. The first kappa shape index (κ1) is 20.9. The van der Waals surface area contributed by atoms with Crippen LogP contribution in [0.3, 0.4) is 0 Å². The fourth-order valence-corrected chi connectivity index (χ4v) is 3.67. The summed E-state index contributed by atoms with van der Waals surface area (Å²) < 4.78 is 5.64. The van der Waals surface area contributed by atoms with Crippen LogP contribution in [0.4, 0.5) is 5.69 Å². The van der Waals surface area contributed by atoms with Gasteiger partial charge in [-0.05, 0) is 49.1 Å². The summed E-state index contributed by atoms with van der Waals surface area (Å²) in [4.78, 5) is 27.0. The number of nitrogens with zero attached hydrogens (tertiary/aromatic N) is 1. The van der Waals surface area contributed by atoms with Gasteiger partial charge in [-0.25, -0.2) is 0 Å². The van der Waals surface area contributed by atoms with E-state index in [9.17, 15) is 9.59 Å². The Kier molecular flexibility index (Phi) is 7.28. The van der Waals surface area contributed by atoms with E-state index in [-0.39, 0.29) is 24.5 Å². The minimum absolute atomic E-state index is 0.0828. The van der Waals surface area contributed by atoms with Crippen LogP contribution >= 0.6 is 0 Å². The average molecular weight is 395 g/mol. The Morgan fingerprint density at radius 3 is 2.41 bits per heavy atom. The van der Waals surface area contributed by atoms with Gasteiger partial charge in [-0.2, -0.15) is 0 Å². The van der Waals surface area contributed by atoms with Crippen LogP contribution in [0.2, 0.25) is 0 Å². The van der Waals surface area contributed by atoms with E-state index in [4.69, 9.17) is 4.74 Å². The Labute approximate surface area is 173 Å². The Hall–Kier alpha value is -2.82. The molecule has 0 aromatic heterocycles. The predicted molar refractivity (Wildman–Crippen MR) is 116 cm³/mol. The molecule has 2 aromatic rings. The zero-order chi connectivity index (χ0) is 20.6. The molecule has 0 heterocycles. The first-order valence-corrected chi connectivity index (χ1v) is 10.5. The Morgan fingerprint density at radius 2 is 1.72 bits per heavy atom. The number of carbonyl (C=O) groups is 2. The van der Waals surface area contributed by atoms with Crippen molar-refractivity contribution in [1.29, 1.82) is 0 Å². The zero-order valence-corrected chi connectivity index (χ0v) is 17.3. The van der Waals surface area contributed by atoms with Gasteiger partial charge in [-0.15, -0.1) is 0 Å². The van der Waals surface area contributed by atoms with Gasteiger partial charge in [0, 0.05) is 13.1 Å². The molecule has 0 radical (unpaired) electrons.